The van der Waals surface area contributed by atoms with Gasteiger partial charge in [0.25, 0.3) is 0 Å². The quantitative estimate of drug-likeness (QED) is 0.885. The number of carbonyl (C=O) groups is 1. The lowest BCUT2D eigenvalue weighted by Gasteiger charge is -2.17. The van der Waals surface area contributed by atoms with E-state index in [4.69, 9.17) is 4.74 Å². The molecule has 0 radical (unpaired) electrons. The first-order valence-corrected chi connectivity index (χ1v) is 10.5. The van der Waals surface area contributed by atoms with Crippen molar-refractivity contribution in [2.24, 2.45) is 0 Å². The highest BCUT2D eigenvalue weighted by Gasteiger charge is 2.29. The maximum Gasteiger partial charge on any atom is 0.221 e. The number of sulfone groups is 1. The molecule has 0 saturated heterocycles. The molecule has 2 aromatic rings. The molecule has 2 aromatic carbocycles. The summed E-state index contributed by atoms with van der Waals surface area (Å²) >= 11 is 0. The molecule has 6 heteroatoms. The van der Waals surface area contributed by atoms with E-state index in [1.807, 2.05) is 12.1 Å². The lowest BCUT2D eigenvalue weighted by Crippen LogP contribution is -2.12. The van der Waals surface area contributed by atoms with Crippen LogP contribution in [0.25, 0.3) is 11.1 Å². The van der Waals surface area contributed by atoms with Crippen molar-refractivity contribution >= 4 is 21.4 Å². The van der Waals surface area contributed by atoms with E-state index in [0.29, 0.717) is 35.9 Å². The number of anilines is 1. The zero-order valence-corrected chi connectivity index (χ0v) is 16.2. The topological polar surface area (TPSA) is 72.5 Å². The van der Waals surface area contributed by atoms with Gasteiger partial charge in [-0.25, -0.2) is 8.42 Å². The molecule has 0 unspecified atom stereocenters. The van der Waals surface area contributed by atoms with Gasteiger partial charge in [0, 0.05) is 30.7 Å². The number of fused-ring (bicyclic) bond motifs is 1. The van der Waals surface area contributed by atoms with Gasteiger partial charge < -0.3 is 10.1 Å². The van der Waals surface area contributed by atoms with E-state index in [0.717, 1.165) is 17.4 Å². The third kappa shape index (κ3) is 3.46. The fourth-order valence-electron chi connectivity index (χ4n) is 3.32. The summed E-state index contributed by atoms with van der Waals surface area (Å²) in [5.74, 6) is 0.709. The van der Waals surface area contributed by atoms with Crippen molar-refractivity contribution in [1.29, 1.82) is 0 Å². The van der Waals surface area contributed by atoms with Crippen molar-refractivity contribution in [2.45, 2.75) is 38.0 Å². The van der Waals surface area contributed by atoms with Crippen molar-refractivity contribution in [3.05, 3.63) is 41.5 Å². The second-order valence-corrected chi connectivity index (χ2v) is 8.89. The van der Waals surface area contributed by atoms with Crippen LogP contribution < -0.4 is 10.1 Å². The number of ether oxygens (including phenoxy) is 1. The van der Waals surface area contributed by atoms with E-state index in [1.165, 1.54) is 12.5 Å². The lowest BCUT2D eigenvalue weighted by molar-refractivity contribution is -0.114. The monoisotopic (exact) mass is 373 g/mol. The Morgan fingerprint density at radius 3 is 2.38 bits per heavy atom. The Bertz CT molecular complexity index is 960. The van der Waals surface area contributed by atoms with Crippen LogP contribution in [0.2, 0.25) is 0 Å². The molecule has 0 bridgehead atoms. The van der Waals surface area contributed by atoms with Gasteiger partial charge in [-0.15, -0.1) is 0 Å². The molecule has 1 N–H and O–H groups in total. The Kier molecular flexibility index (Phi) is 4.80. The Labute approximate surface area is 154 Å². The van der Waals surface area contributed by atoms with Gasteiger partial charge in [-0.05, 0) is 23.1 Å². The predicted molar refractivity (Wildman–Crippen MR) is 103 cm³/mol. The van der Waals surface area contributed by atoms with E-state index >= 15 is 0 Å². The van der Waals surface area contributed by atoms with Gasteiger partial charge in [-0.3, -0.25) is 4.79 Å². The standard InChI is InChI=1S/C20H23NO4S/c1-12(2)14-5-7-15(8-6-14)17-11-18(21-13(3)22)20(26(4,23)24)16-9-10-25-19(16)17/h5-8,11-12H,9-10H2,1-4H3,(H,21,22). The molecule has 0 spiro atoms. The Balaban J connectivity index is 2.24. The molecule has 0 aromatic heterocycles. The molecular formula is C20H23NO4S. The van der Waals surface area contributed by atoms with Crippen molar-refractivity contribution in [3.8, 4) is 16.9 Å². The summed E-state index contributed by atoms with van der Waals surface area (Å²) in [4.78, 5) is 11.8. The third-order valence-electron chi connectivity index (χ3n) is 4.49. The fraction of sp³-hybridized carbons (Fsp3) is 0.350. The van der Waals surface area contributed by atoms with E-state index in [9.17, 15) is 13.2 Å². The van der Waals surface area contributed by atoms with Crippen LogP contribution in [0, 0.1) is 0 Å². The van der Waals surface area contributed by atoms with Gasteiger partial charge >= 0.3 is 0 Å². The molecule has 5 nitrogen and oxygen atoms in total. The van der Waals surface area contributed by atoms with Crippen molar-refractivity contribution < 1.29 is 17.9 Å². The molecular weight excluding hydrogens is 350 g/mol. The number of nitrogens with one attached hydrogen (secondary N) is 1. The van der Waals surface area contributed by atoms with E-state index < -0.39 is 9.84 Å². The van der Waals surface area contributed by atoms with Gasteiger partial charge in [-0.2, -0.15) is 0 Å². The van der Waals surface area contributed by atoms with Crippen LogP contribution in [0.15, 0.2) is 35.2 Å². The highest BCUT2D eigenvalue weighted by Crippen LogP contribution is 2.44. The van der Waals surface area contributed by atoms with Crippen LogP contribution in [0.4, 0.5) is 5.69 Å². The molecule has 1 heterocycles. The normalized spacial score (nSPS) is 13.4. The van der Waals surface area contributed by atoms with Crippen molar-refractivity contribution in [2.75, 3.05) is 18.2 Å². The number of rotatable bonds is 4. The Morgan fingerprint density at radius 1 is 1.19 bits per heavy atom. The summed E-state index contributed by atoms with van der Waals surface area (Å²) in [6, 6.07) is 9.83. The summed E-state index contributed by atoms with van der Waals surface area (Å²) in [6.45, 7) is 6.06. The van der Waals surface area contributed by atoms with Gasteiger partial charge in [0.05, 0.1) is 17.2 Å². The molecule has 0 aliphatic carbocycles. The van der Waals surface area contributed by atoms with Crippen LogP contribution in [-0.2, 0) is 21.1 Å². The average molecular weight is 373 g/mol. The van der Waals surface area contributed by atoms with Crippen molar-refractivity contribution in [1.82, 2.24) is 0 Å². The minimum atomic E-state index is -3.52. The number of benzene rings is 2. The van der Waals surface area contributed by atoms with Gasteiger partial charge in [-0.1, -0.05) is 38.1 Å². The molecule has 1 aliphatic heterocycles. The highest BCUT2D eigenvalue weighted by atomic mass is 32.2. The van der Waals surface area contributed by atoms with Crippen molar-refractivity contribution in [3.63, 3.8) is 0 Å². The zero-order valence-electron chi connectivity index (χ0n) is 15.4. The second kappa shape index (κ2) is 6.76. The molecule has 138 valence electrons. The smallest absolute Gasteiger partial charge is 0.221 e. The van der Waals surface area contributed by atoms with Crippen LogP contribution in [0.1, 0.15) is 37.8 Å². The summed E-state index contributed by atoms with van der Waals surface area (Å²) < 4.78 is 30.5. The first-order valence-electron chi connectivity index (χ1n) is 8.59. The number of hydrogen-bond acceptors (Lipinski definition) is 4. The minimum absolute atomic E-state index is 0.155. The Hall–Kier alpha value is -2.34. The summed E-state index contributed by atoms with van der Waals surface area (Å²) in [5, 5.41) is 2.68. The van der Waals surface area contributed by atoms with Crippen LogP contribution in [0.3, 0.4) is 0 Å². The lowest BCUT2D eigenvalue weighted by atomic mass is 9.96. The second-order valence-electron chi connectivity index (χ2n) is 6.94. The number of hydrogen-bond donors (Lipinski definition) is 1. The first kappa shape index (κ1) is 18.5. The van der Waals surface area contributed by atoms with Gasteiger partial charge in [0.15, 0.2) is 9.84 Å². The molecule has 1 amide bonds. The molecule has 0 atom stereocenters. The van der Waals surface area contributed by atoms with E-state index in [2.05, 4.69) is 31.3 Å². The Morgan fingerprint density at radius 2 is 1.85 bits per heavy atom. The van der Waals surface area contributed by atoms with Crippen LogP contribution in [0.5, 0.6) is 5.75 Å². The van der Waals surface area contributed by atoms with E-state index in [-0.39, 0.29) is 10.8 Å². The maximum absolute atomic E-state index is 12.4. The number of amides is 1. The predicted octanol–water partition coefficient (Wildman–Crippen LogP) is 3.77. The summed E-state index contributed by atoms with van der Waals surface area (Å²) in [5.41, 5.74) is 3.90. The largest absolute Gasteiger partial charge is 0.492 e. The van der Waals surface area contributed by atoms with Crippen LogP contribution >= 0.6 is 0 Å². The summed E-state index contributed by atoms with van der Waals surface area (Å²) in [6.07, 6.45) is 1.66. The molecule has 26 heavy (non-hydrogen) atoms. The average Bonchev–Trinajstić information content (AvgIpc) is 3.01. The van der Waals surface area contributed by atoms with Gasteiger partial charge in [0.2, 0.25) is 5.91 Å². The number of carbonyl (C=O) groups excluding carboxylic acids is 1. The van der Waals surface area contributed by atoms with Gasteiger partial charge in [0.1, 0.15) is 5.75 Å². The SMILES string of the molecule is CC(=O)Nc1cc(-c2ccc(C(C)C)cc2)c2c(c1S(C)(=O)=O)CCO2. The maximum atomic E-state index is 12.4. The molecule has 0 fully saturated rings. The molecule has 3 rings (SSSR count). The minimum Gasteiger partial charge on any atom is -0.492 e. The highest BCUT2D eigenvalue weighted by molar-refractivity contribution is 7.91. The first-order chi connectivity index (χ1) is 12.2. The zero-order chi connectivity index (χ0) is 19.1. The molecule has 1 aliphatic rings. The third-order valence-corrected chi connectivity index (χ3v) is 5.70. The summed E-state index contributed by atoms with van der Waals surface area (Å²) in [7, 11) is -3.52. The molecule has 0 saturated carbocycles. The van der Waals surface area contributed by atoms with Crippen LogP contribution in [-0.4, -0.2) is 27.2 Å². The van der Waals surface area contributed by atoms with E-state index in [1.54, 1.807) is 6.07 Å². The fourth-order valence-corrected chi connectivity index (χ4v) is 4.47.